The molecule has 92 valence electrons. The maximum Gasteiger partial charge on any atom is 0.173 e. The molecule has 2 nitrogen and oxygen atoms in total. The Balaban J connectivity index is 2.09. The maximum absolute atomic E-state index is 12.1. The predicted octanol–water partition coefficient (Wildman–Crippen LogP) is 3.23. The van der Waals surface area contributed by atoms with Gasteiger partial charge >= 0.3 is 0 Å². The van der Waals surface area contributed by atoms with Crippen molar-refractivity contribution in [1.82, 2.24) is 0 Å². The summed E-state index contributed by atoms with van der Waals surface area (Å²) >= 11 is 5.45. The van der Waals surface area contributed by atoms with E-state index in [9.17, 15) is 9.59 Å². The van der Waals surface area contributed by atoms with Crippen LogP contribution in [-0.2, 0) is 16.0 Å². The third-order valence-corrected chi connectivity index (χ3v) is 4.06. The third kappa shape index (κ3) is 3.38. The zero-order valence-corrected chi connectivity index (χ0v) is 13.1. The van der Waals surface area contributed by atoms with Gasteiger partial charge in [0.1, 0.15) is 0 Å². The van der Waals surface area contributed by atoms with Crippen LogP contribution in [0.15, 0.2) is 48.1 Å². The number of carbonyl (C=O) groups excluding carboxylic acids is 2. The highest BCUT2D eigenvalue weighted by atomic mass is 127. The van der Waals surface area contributed by atoms with E-state index in [1.807, 2.05) is 24.3 Å². The Kier molecular flexibility index (Phi) is 4.50. The zero-order chi connectivity index (χ0) is 13.1. The number of carbonyl (C=O) groups is 2. The number of hydrogen-bond acceptors (Lipinski definition) is 2. The molecule has 0 aliphatic heterocycles. The van der Waals surface area contributed by atoms with Gasteiger partial charge in [-0.05, 0) is 52.4 Å². The minimum atomic E-state index is -0.377. The summed E-state index contributed by atoms with van der Waals surface area (Å²) in [7, 11) is 0. The fourth-order valence-electron chi connectivity index (χ4n) is 1.63. The van der Waals surface area contributed by atoms with E-state index in [-0.39, 0.29) is 16.4 Å². The zero-order valence-electron chi connectivity index (χ0n) is 9.40. The van der Waals surface area contributed by atoms with Gasteiger partial charge in [0.05, 0.1) is 4.83 Å². The lowest BCUT2D eigenvalue weighted by Gasteiger charge is -2.09. The van der Waals surface area contributed by atoms with Gasteiger partial charge in [0, 0.05) is 15.6 Å². The number of ketones is 2. The van der Waals surface area contributed by atoms with E-state index in [1.165, 1.54) is 6.08 Å². The van der Waals surface area contributed by atoms with Crippen molar-refractivity contribution in [3.8, 4) is 0 Å². The summed E-state index contributed by atoms with van der Waals surface area (Å²) in [4.78, 5) is 22.9. The van der Waals surface area contributed by atoms with Crippen molar-refractivity contribution in [3.05, 3.63) is 57.2 Å². The lowest BCUT2D eigenvalue weighted by Crippen LogP contribution is -2.16. The Labute approximate surface area is 127 Å². The fraction of sp³-hybridized carbons (Fsp3) is 0.143. The highest BCUT2D eigenvalue weighted by molar-refractivity contribution is 14.1. The van der Waals surface area contributed by atoms with Crippen molar-refractivity contribution in [1.29, 1.82) is 0 Å². The smallest absolute Gasteiger partial charge is 0.173 e. The Hall–Kier alpha value is -0.750. The van der Waals surface area contributed by atoms with Gasteiger partial charge in [0.15, 0.2) is 11.6 Å². The van der Waals surface area contributed by atoms with E-state index < -0.39 is 0 Å². The van der Waals surface area contributed by atoms with Crippen LogP contribution in [0.4, 0.5) is 0 Å². The normalized spacial score (nSPS) is 18.7. The van der Waals surface area contributed by atoms with E-state index in [0.717, 1.165) is 9.13 Å². The molecule has 1 aliphatic carbocycles. The molecule has 1 aromatic carbocycles. The van der Waals surface area contributed by atoms with Crippen molar-refractivity contribution in [3.63, 3.8) is 0 Å². The minimum Gasteiger partial charge on any atom is -0.294 e. The van der Waals surface area contributed by atoms with E-state index >= 15 is 0 Å². The number of halogens is 2. The highest BCUT2D eigenvalue weighted by Crippen LogP contribution is 2.17. The average Bonchev–Trinajstić information content (AvgIpc) is 2.35. The molecule has 0 radical (unpaired) electrons. The van der Waals surface area contributed by atoms with Crippen LogP contribution in [0, 0.1) is 3.57 Å². The van der Waals surface area contributed by atoms with Crippen molar-refractivity contribution in [2.24, 2.45) is 0 Å². The standard InChI is InChI=1S/C14H10BrIO2/c15-12-8-10(3-6-13(12)17)14(18)7-9-1-4-11(16)5-2-9/h1-6,8,12H,7H2. The Morgan fingerprint density at radius 3 is 2.50 bits per heavy atom. The van der Waals surface area contributed by atoms with Gasteiger partial charge in [-0.3, -0.25) is 9.59 Å². The third-order valence-electron chi connectivity index (χ3n) is 2.62. The van der Waals surface area contributed by atoms with Gasteiger partial charge in [-0.25, -0.2) is 0 Å². The van der Waals surface area contributed by atoms with Gasteiger partial charge in [0.25, 0.3) is 0 Å². The molecular formula is C14H10BrIO2. The quantitative estimate of drug-likeness (QED) is 0.560. The van der Waals surface area contributed by atoms with Gasteiger partial charge in [-0.1, -0.05) is 34.1 Å². The van der Waals surface area contributed by atoms with Crippen molar-refractivity contribution in [2.75, 3.05) is 0 Å². The SMILES string of the molecule is O=C(Cc1ccc(I)cc1)C1=CC(Br)C(=O)C=C1. The number of benzene rings is 1. The van der Waals surface area contributed by atoms with Crippen LogP contribution in [0.3, 0.4) is 0 Å². The summed E-state index contributed by atoms with van der Waals surface area (Å²) in [5.41, 5.74) is 1.58. The molecule has 1 aromatic rings. The minimum absolute atomic E-state index is 0.0270. The summed E-state index contributed by atoms with van der Waals surface area (Å²) < 4.78 is 1.15. The van der Waals surface area contributed by atoms with Gasteiger partial charge in [-0.2, -0.15) is 0 Å². The first-order valence-electron chi connectivity index (χ1n) is 5.42. The first kappa shape index (κ1) is 13.7. The summed E-state index contributed by atoms with van der Waals surface area (Å²) in [6.45, 7) is 0. The van der Waals surface area contributed by atoms with Crippen molar-refractivity contribution in [2.45, 2.75) is 11.2 Å². The van der Waals surface area contributed by atoms with Crippen LogP contribution in [0.2, 0.25) is 0 Å². The molecule has 0 fully saturated rings. The Morgan fingerprint density at radius 1 is 1.22 bits per heavy atom. The molecule has 2 rings (SSSR count). The summed E-state index contributed by atoms with van der Waals surface area (Å²) in [5.74, 6) is 0.00484. The van der Waals surface area contributed by atoms with Crippen LogP contribution in [0.1, 0.15) is 5.56 Å². The monoisotopic (exact) mass is 416 g/mol. The van der Waals surface area contributed by atoms with E-state index in [0.29, 0.717) is 12.0 Å². The van der Waals surface area contributed by atoms with Gasteiger partial charge in [0.2, 0.25) is 0 Å². The molecule has 0 bridgehead atoms. The number of hydrogen-bond donors (Lipinski definition) is 0. The molecule has 1 unspecified atom stereocenters. The van der Waals surface area contributed by atoms with Crippen LogP contribution in [0.25, 0.3) is 0 Å². The fourth-order valence-corrected chi connectivity index (χ4v) is 2.43. The lowest BCUT2D eigenvalue weighted by atomic mass is 9.98. The van der Waals surface area contributed by atoms with Crippen molar-refractivity contribution < 1.29 is 9.59 Å². The number of Topliss-reactive ketones (excluding diaryl/α,β-unsaturated/α-hetero) is 1. The average molecular weight is 417 g/mol. The molecular weight excluding hydrogens is 407 g/mol. The lowest BCUT2D eigenvalue weighted by molar-refractivity contribution is -0.114. The Morgan fingerprint density at radius 2 is 1.89 bits per heavy atom. The predicted molar refractivity (Wildman–Crippen MR) is 82.8 cm³/mol. The second-order valence-electron chi connectivity index (χ2n) is 3.99. The molecule has 0 saturated heterocycles. The molecule has 18 heavy (non-hydrogen) atoms. The molecule has 0 amide bonds. The molecule has 4 heteroatoms. The Bertz CT molecular complexity index is 543. The van der Waals surface area contributed by atoms with Crippen molar-refractivity contribution >= 4 is 50.1 Å². The van der Waals surface area contributed by atoms with E-state index in [1.54, 1.807) is 12.2 Å². The van der Waals surface area contributed by atoms with Crippen LogP contribution in [-0.4, -0.2) is 16.4 Å². The topological polar surface area (TPSA) is 34.1 Å². The summed E-state index contributed by atoms with van der Waals surface area (Å²) in [6.07, 6.45) is 5.06. The van der Waals surface area contributed by atoms with E-state index in [4.69, 9.17) is 0 Å². The van der Waals surface area contributed by atoms with Gasteiger partial charge in [-0.15, -0.1) is 0 Å². The molecule has 0 heterocycles. The molecule has 0 N–H and O–H groups in total. The largest absolute Gasteiger partial charge is 0.294 e. The second kappa shape index (κ2) is 5.93. The van der Waals surface area contributed by atoms with Crippen LogP contribution in [0.5, 0.6) is 0 Å². The summed E-state index contributed by atoms with van der Waals surface area (Å²) in [5, 5.41) is 0. The first-order valence-corrected chi connectivity index (χ1v) is 7.41. The second-order valence-corrected chi connectivity index (χ2v) is 6.22. The number of alkyl halides is 1. The number of allylic oxidation sites excluding steroid dienone is 4. The summed E-state index contributed by atoms with van der Waals surface area (Å²) in [6, 6.07) is 7.85. The highest BCUT2D eigenvalue weighted by Gasteiger charge is 2.18. The van der Waals surface area contributed by atoms with Crippen LogP contribution >= 0.6 is 38.5 Å². The molecule has 1 aliphatic rings. The first-order chi connectivity index (χ1) is 8.56. The van der Waals surface area contributed by atoms with Gasteiger partial charge < -0.3 is 0 Å². The molecule has 0 saturated carbocycles. The van der Waals surface area contributed by atoms with E-state index in [2.05, 4.69) is 38.5 Å². The molecule has 0 aromatic heterocycles. The van der Waals surface area contributed by atoms with Crippen LogP contribution < -0.4 is 0 Å². The number of rotatable bonds is 3. The molecule has 0 spiro atoms. The molecule has 1 atom stereocenters. The maximum atomic E-state index is 12.1.